The Morgan fingerprint density at radius 3 is 2.57 bits per heavy atom. The first-order chi connectivity index (χ1) is 13.3. The predicted octanol–water partition coefficient (Wildman–Crippen LogP) is 3.61. The molecule has 6 heteroatoms. The molecule has 28 heavy (non-hydrogen) atoms. The SMILES string of the molecule is CCCN1CCC(NC(=NCc2cccc(N3CC=CC3)c2)NCC)CC1.I. The lowest BCUT2D eigenvalue weighted by molar-refractivity contribution is 0.206. The predicted molar refractivity (Wildman–Crippen MR) is 131 cm³/mol. The number of likely N-dealkylation sites (tertiary alicyclic amines) is 1. The van der Waals surface area contributed by atoms with Gasteiger partial charge in [-0.15, -0.1) is 24.0 Å². The summed E-state index contributed by atoms with van der Waals surface area (Å²) in [6, 6.07) is 9.29. The Hall–Kier alpha value is -1.28. The molecule has 0 saturated carbocycles. The summed E-state index contributed by atoms with van der Waals surface area (Å²) < 4.78 is 0. The van der Waals surface area contributed by atoms with Crippen LogP contribution in [0.4, 0.5) is 5.69 Å². The van der Waals surface area contributed by atoms with E-state index in [9.17, 15) is 0 Å². The first kappa shape index (κ1) is 23.0. The maximum absolute atomic E-state index is 4.85. The Morgan fingerprint density at radius 1 is 1.14 bits per heavy atom. The first-order valence-corrected chi connectivity index (χ1v) is 10.5. The standard InChI is InChI=1S/C22H35N5.HI/c1-3-12-26-15-10-20(11-16-26)25-22(23-4-2)24-18-19-8-7-9-21(17-19)27-13-5-6-14-27;/h5-9,17,20H,3-4,10-16,18H2,1-2H3,(H2,23,24,25);1H. The van der Waals surface area contributed by atoms with Crippen molar-refractivity contribution in [1.29, 1.82) is 0 Å². The van der Waals surface area contributed by atoms with Gasteiger partial charge in [-0.1, -0.05) is 31.2 Å². The molecule has 1 aromatic rings. The van der Waals surface area contributed by atoms with Crippen molar-refractivity contribution in [2.45, 2.75) is 45.7 Å². The Balaban J connectivity index is 0.00000280. The van der Waals surface area contributed by atoms with E-state index in [1.54, 1.807) is 0 Å². The van der Waals surface area contributed by atoms with E-state index in [1.807, 2.05) is 0 Å². The second-order valence-corrected chi connectivity index (χ2v) is 7.50. The number of nitrogens with one attached hydrogen (secondary N) is 2. The minimum absolute atomic E-state index is 0. The first-order valence-electron chi connectivity index (χ1n) is 10.5. The van der Waals surface area contributed by atoms with Crippen LogP contribution in [0.25, 0.3) is 0 Å². The largest absolute Gasteiger partial charge is 0.364 e. The minimum atomic E-state index is 0. The van der Waals surface area contributed by atoms with Gasteiger partial charge in [-0.05, 0) is 50.4 Å². The summed E-state index contributed by atoms with van der Waals surface area (Å²) >= 11 is 0. The second-order valence-electron chi connectivity index (χ2n) is 7.50. The molecule has 0 spiro atoms. The average molecular weight is 497 g/mol. The van der Waals surface area contributed by atoms with Crippen LogP contribution in [0.15, 0.2) is 41.4 Å². The maximum atomic E-state index is 4.85. The van der Waals surface area contributed by atoms with Gasteiger partial charge >= 0.3 is 0 Å². The van der Waals surface area contributed by atoms with Gasteiger partial charge in [0.05, 0.1) is 6.54 Å². The lowest BCUT2D eigenvalue weighted by Crippen LogP contribution is -2.48. The van der Waals surface area contributed by atoms with E-state index in [4.69, 9.17) is 4.99 Å². The molecular weight excluding hydrogens is 461 g/mol. The number of rotatable bonds is 7. The van der Waals surface area contributed by atoms with Crippen LogP contribution in [0.3, 0.4) is 0 Å². The summed E-state index contributed by atoms with van der Waals surface area (Å²) in [5.41, 5.74) is 2.54. The van der Waals surface area contributed by atoms with Crippen LogP contribution in [-0.2, 0) is 6.54 Å². The molecule has 0 amide bonds. The number of halogens is 1. The van der Waals surface area contributed by atoms with Crippen LogP contribution in [0.5, 0.6) is 0 Å². The van der Waals surface area contributed by atoms with E-state index in [1.165, 1.54) is 50.1 Å². The zero-order valence-electron chi connectivity index (χ0n) is 17.4. The molecule has 1 saturated heterocycles. The highest BCUT2D eigenvalue weighted by molar-refractivity contribution is 14.0. The van der Waals surface area contributed by atoms with Crippen molar-refractivity contribution in [3.63, 3.8) is 0 Å². The molecule has 2 aliphatic heterocycles. The number of benzene rings is 1. The van der Waals surface area contributed by atoms with Gasteiger partial charge in [-0.2, -0.15) is 0 Å². The number of piperidine rings is 1. The van der Waals surface area contributed by atoms with E-state index in [0.717, 1.165) is 25.6 Å². The Kier molecular flexibility index (Phi) is 10.1. The summed E-state index contributed by atoms with van der Waals surface area (Å²) in [4.78, 5) is 9.79. The molecule has 3 rings (SSSR count). The third-order valence-electron chi connectivity index (χ3n) is 5.33. The van der Waals surface area contributed by atoms with E-state index in [-0.39, 0.29) is 24.0 Å². The third-order valence-corrected chi connectivity index (χ3v) is 5.33. The van der Waals surface area contributed by atoms with Crippen molar-refractivity contribution in [2.75, 3.05) is 44.2 Å². The normalized spacial score (nSPS) is 18.2. The van der Waals surface area contributed by atoms with Gasteiger partial charge in [-0.25, -0.2) is 4.99 Å². The molecule has 2 heterocycles. The van der Waals surface area contributed by atoms with Crippen molar-refractivity contribution >= 4 is 35.6 Å². The van der Waals surface area contributed by atoms with Crippen LogP contribution in [0.1, 0.15) is 38.7 Å². The van der Waals surface area contributed by atoms with Crippen LogP contribution in [-0.4, -0.2) is 56.2 Å². The second kappa shape index (κ2) is 12.3. The molecular formula is C22H36IN5. The summed E-state index contributed by atoms with van der Waals surface area (Å²) in [5, 5.41) is 7.06. The van der Waals surface area contributed by atoms with E-state index in [0.29, 0.717) is 12.6 Å². The lowest BCUT2D eigenvalue weighted by atomic mass is 10.1. The van der Waals surface area contributed by atoms with Crippen LogP contribution >= 0.6 is 24.0 Å². The molecule has 0 aliphatic carbocycles. The van der Waals surface area contributed by atoms with Crippen molar-refractivity contribution in [3.8, 4) is 0 Å². The third kappa shape index (κ3) is 6.95. The van der Waals surface area contributed by atoms with Crippen LogP contribution < -0.4 is 15.5 Å². The smallest absolute Gasteiger partial charge is 0.191 e. The molecule has 0 atom stereocenters. The fourth-order valence-corrected chi connectivity index (χ4v) is 3.84. The van der Waals surface area contributed by atoms with Crippen molar-refractivity contribution in [1.82, 2.24) is 15.5 Å². The van der Waals surface area contributed by atoms with Crippen molar-refractivity contribution in [2.24, 2.45) is 4.99 Å². The van der Waals surface area contributed by atoms with Gasteiger partial charge in [-0.3, -0.25) is 0 Å². The number of guanidine groups is 1. The van der Waals surface area contributed by atoms with Gasteiger partial charge in [0.2, 0.25) is 0 Å². The highest BCUT2D eigenvalue weighted by Gasteiger charge is 2.19. The fraction of sp³-hybridized carbons (Fsp3) is 0.591. The molecule has 5 nitrogen and oxygen atoms in total. The van der Waals surface area contributed by atoms with Crippen molar-refractivity contribution in [3.05, 3.63) is 42.0 Å². The van der Waals surface area contributed by atoms with Gasteiger partial charge in [0.1, 0.15) is 0 Å². The average Bonchev–Trinajstić information content (AvgIpc) is 3.23. The molecule has 0 bridgehead atoms. The molecule has 1 fully saturated rings. The number of hydrogen-bond donors (Lipinski definition) is 2. The zero-order valence-corrected chi connectivity index (χ0v) is 19.7. The van der Waals surface area contributed by atoms with Crippen LogP contribution in [0, 0.1) is 0 Å². The van der Waals surface area contributed by atoms with Gasteiger partial charge in [0.15, 0.2) is 5.96 Å². The van der Waals surface area contributed by atoms with E-state index in [2.05, 4.69) is 70.7 Å². The Bertz CT molecular complexity index is 630. The topological polar surface area (TPSA) is 42.9 Å². The maximum Gasteiger partial charge on any atom is 0.191 e. The zero-order chi connectivity index (χ0) is 18.9. The molecule has 0 radical (unpaired) electrons. The highest BCUT2D eigenvalue weighted by Crippen LogP contribution is 2.19. The van der Waals surface area contributed by atoms with Gasteiger partial charge in [0.25, 0.3) is 0 Å². The number of aliphatic imine (C=N–C) groups is 1. The van der Waals surface area contributed by atoms with Gasteiger partial charge < -0.3 is 20.4 Å². The van der Waals surface area contributed by atoms with Crippen molar-refractivity contribution < 1.29 is 0 Å². The molecule has 0 unspecified atom stereocenters. The fourth-order valence-electron chi connectivity index (χ4n) is 3.84. The molecule has 2 N–H and O–H groups in total. The highest BCUT2D eigenvalue weighted by atomic mass is 127. The van der Waals surface area contributed by atoms with Gasteiger partial charge in [0, 0.05) is 44.5 Å². The summed E-state index contributed by atoms with van der Waals surface area (Å²) in [5.74, 6) is 0.944. The number of anilines is 1. The molecule has 0 aromatic heterocycles. The minimum Gasteiger partial charge on any atom is -0.364 e. The summed E-state index contributed by atoms with van der Waals surface area (Å²) in [6.45, 7) is 11.6. The molecule has 2 aliphatic rings. The monoisotopic (exact) mass is 497 g/mol. The summed E-state index contributed by atoms with van der Waals surface area (Å²) in [7, 11) is 0. The lowest BCUT2D eigenvalue weighted by Gasteiger charge is -2.32. The quantitative estimate of drug-likeness (QED) is 0.262. The van der Waals surface area contributed by atoms with E-state index < -0.39 is 0 Å². The number of nitrogens with zero attached hydrogens (tertiary/aromatic N) is 3. The van der Waals surface area contributed by atoms with Crippen LogP contribution in [0.2, 0.25) is 0 Å². The molecule has 156 valence electrons. The summed E-state index contributed by atoms with van der Waals surface area (Å²) in [6.07, 6.45) is 8.09. The number of hydrogen-bond acceptors (Lipinski definition) is 3. The molecule has 1 aromatic carbocycles. The Morgan fingerprint density at radius 2 is 1.89 bits per heavy atom. The Labute approximate surface area is 187 Å². The van der Waals surface area contributed by atoms with E-state index >= 15 is 0 Å².